The molecule has 1 heteroatoms. The van der Waals surface area contributed by atoms with Gasteiger partial charge in [0.1, 0.15) is 0 Å². The summed E-state index contributed by atoms with van der Waals surface area (Å²) in [5, 5.41) is 3.42. The molecule has 0 bridgehead atoms. The summed E-state index contributed by atoms with van der Waals surface area (Å²) in [5.74, 6) is 0.731. The van der Waals surface area contributed by atoms with Crippen molar-refractivity contribution in [3.8, 4) is 0 Å². The lowest BCUT2D eigenvalue weighted by molar-refractivity contribution is 0.534. The van der Waals surface area contributed by atoms with Crippen LogP contribution in [0.1, 0.15) is 33.6 Å². The Bertz CT molecular complexity index is 201. The molecular formula is C11H19N. The molecule has 1 nitrogen and oxygen atoms in total. The lowest BCUT2D eigenvalue weighted by Crippen LogP contribution is -2.21. The predicted molar refractivity (Wildman–Crippen MR) is 53.9 cm³/mol. The molecule has 0 aromatic rings. The van der Waals surface area contributed by atoms with E-state index in [2.05, 4.69) is 38.2 Å². The van der Waals surface area contributed by atoms with Crippen molar-refractivity contribution >= 4 is 0 Å². The average molecular weight is 165 g/mol. The highest BCUT2D eigenvalue weighted by atomic mass is 14.9. The Morgan fingerprint density at radius 1 is 1.42 bits per heavy atom. The smallest absolute Gasteiger partial charge is 0.0141 e. The van der Waals surface area contributed by atoms with Crippen molar-refractivity contribution in [2.45, 2.75) is 33.6 Å². The minimum Gasteiger partial charge on any atom is -0.388 e. The molecule has 0 radical (unpaired) electrons. The zero-order chi connectivity index (χ0) is 8.97. The van der Waals surface area contributed by atoms with Crippen LogP contribution in [-0.4, -0.2) is 6.54 Å². The van der Waals surface area contributed by atoms with E-state index in [1.165, 1.54) is 24.1 Å². The summed E-state index contributed by atoms with van der Waals surface area (Å²) in [6, 6.07) is 0. The van der Waals surface area contributed by atoms with Crippen LogP contribution in [0.15, 0.2) is 23.4 Å². The topological polar surface area (TPSA) is 12.0 Å². The standard InChI is InChI=1S/C11H19N/c1-4-10-8-9(3)6-7-11(10)12-5-2/h6-7,10,12H,4-5,8H2,1-3H3. The predicted octanol–water partition coefficient (Wildman–Crippen LogP) is 2.86. The van der Waals surface area contributed by atoms with Crippen LogP contribution in [0.4, 0.5) is 0 Å². The molecule has 1 aliphatic carbocycles. The van der Waals surface area contributed by atoms with Crippen molar-refractivity contribution < 1.29 is 0 Å². The second kappa shape index (κ2) is 4.34. The van der Waals surface area contributed by atoms with Crippen LogP contribution in [0, 0.1) is 5.92 Å². The first-order valence-corrected chi connectivity index (χ1v) is 4.89. The van der Waals surface area contributed by atoms with Gasteiger partial charge in [0.15, 0.2) is 0 Å². The molecule has 1 unspecified atom stereocenters. The third-order valence-corrected chi connectivity index (χ3v) is 2.43. The van der Waals surface area contributed by atoms with Crippen LogP contribution in [0.5, 0.6) is 0 Å². The highest BCUT2D eigenvalue weighted by Crippen LogP contribution is 2.25. The molecule has 0 heterocycles. The third kappa shape index (κ3) is 2.13. The monoisotopic (exact) mass is 165 g/mol. The molecule has 1 rings (SSSR count). The average Bonchev–Trinajstić information content (AvgIpc) is 2.08. The van der Waals surface area contributed by atoms with Crippen LogP contribution < -0.4 is 5.32 Å². The molecule has 0 aromatic heterocycles. The van der Waals surface area contributed by atoms with Gasteiger partial charge in [0.2, 0.25) is 0 Å². The van der Waals surface area contributed by atoms with Gasteiger partial charge in [-0.2, -0.15) is 0 Å². The molecule has 1 atom stereocenters. The summed E-state index contributed by atoms with van der Waals surface area (Å²) in [4.78, 5) is 0. The van der Waals surface area contributed by atoms with Gasteiger partial charge < -0.3 is 5.32 Å². The number of hydrogen-bond acceptors (Lipinski definition) is 1. The second-order valence-corrected chi connectivity index (χ2v) is 3.47. The van der Waals surface area contributed by atoms with Crippen molar-refractivity contribution in [1.29, 1.82) is 0 Å². The van der Waals surface area contributed by atoms with Crippen molar-refractivity contribution in [3.05, 3.63) is 23.4 Å². The van der Waals surface area contributed by atoms with Gasteiger partial charge in [-0.15, -0.1) is 0 Å². The fraction of sp³-hybridized carbons (Fsp3) is 0.636. The number of rotatable bonds is 3. The third-order valence-electron chi connectivity index (χ3n) is 2.43. The summed E-state index contributed by atoms with van der Waals surface area (Å²) in [5.41, 5.74) is 2.93. The van der Waals surface area contributed by atoms with E-state index in [1.54, 1.807) is 0 Å². The van der Waals surface area contributed by atoms with E-state index in [9.17, 15) is 0 Å². The first-order chi connectivity index (χ1) is 5.77. The van der Waals surface area contributed by atoms with E-state index in [1.807, 2.05) is 0 Å². The van der Waals surface area contributed by atoms with Crippen LogP contribution in [0.2, 0.25) is 0 Å². The quantitative estimate of drug-likeness (QED) is 0.678. The van der Waals surface area contributed by atoms with Gasteiger partial charge in [-0.3, -0.25) is 0 Å². The molecule has 1 aliphatic rings. The molecule has 1 N–H and O–H groups in total. The fourth-order valence-corrected chi connectivity index (χ4v) is 1.71. The maximum atomic E-state index is 3.42. The van der Waals surface area contributed by atoms with Crippen molar-refractivity contribution in [1.82, 2.24) is 5.32 Å². The van der Waals surface area contributed by atoms with Gasteiger partial charge in [0.05, 0.1) is 0 Å². The summed E-state index contributed by atoms with van der Waals surface area (Å²) >= 11 is 0. The van der Waals surface area contributed by atoms with E-state index in [0.29, 0.717) is 0 Å². The van der Waals surface area contributed by atoms with Crippen LogP contribution in [-0.2, 0) is 0 Å². The van der Waals surface area contributed by atoms with Gasteiger partial charge in [-0.05, 0) is 32.8 Å². The molecule has 0 spiro atoms. The summed E-state index contributed by atoms with van der Waals surface area (Å²) in [6.45, 7) is 7.66. The largest absolute Gasteiger partial charge is 0.388 e. The Labute approximate surface area is 75.6 Å². The lowest BCUT2D eigenvalue weighted by Gasteiger charge is -2.23. The van der Waals surface area contributed by atoms with Gasteiger partial charge in [-0.25, -0.2) is 0 Å². The van der Waals surface area contributed by atoms with Gasteiger partial charge in [-0.1, -0.05) is 18.6 Å². The van der Waals surface area contributed by atoms with Gasteiger partial charge in [0, 0.05) is 18.2 Å². The number of allylic oxidation sites excluding steroid dienone is 4. The Morgan fingerprint density at radius 3 is 2.75 bits per heavy atom. The fourth-order valence-electron chi connectivity index (χ4n) is 1.71. The highest BCUT2D eigenvalue weighted by Gasteiger charge is 2.14. The molecule has 0 saturated heterocycles. The minimum atomic E-state index is 0.731. The summed E-state index contributed by atoms with van der Waals surface area (Å²) in [7, 11) is 0. The normalized spacial score (nSPS) is 23.1. The second-order valence-electron chi connectivity index (χ2n) is 3.47. The SMILES string of the molecule is CCNC1=CC=C(C)CC1CC. The summed E-state index contributed by atoms with van der Waals surface area (Å²) < 4.78 is 0. The zero-order valence-electron chi connectivity index (χ0n) is 8.35. The van der Waals surface area contributed by atoms with Crippen molar-refractivity contribution in [2.75, 3.05) is 6.54 Å². The lowest BCUT2D eigenvalue weighted by atomic mass is 9.90. The molecular weight excluding hydrogens is 146 g/mol. The molecule has 0 aromatic carbocycles. The Kier molecular flexibility index (Phi) is 3.39. The van der Waals surface area contributed by atoms with Crippen molar-refractivity contribution in [2.24, 2.45) is 5.92 Å². The van der Waals surface area contributed by atoms with E-state index in [0.717, 1.165) is 12.5 Å². The van der Waals surface area contributed by atoms with Gasteiger partial charge >= 0.3 is 0 Å². The number of nitrogens with one attached hydrogen (secondary N) is 1. The number of hydrogen-bond donors (Lipinski definition) is 1. The van der Waals surface area contributed by atoms with Gasteiger partial charge in [0.25, 0.3) is 0 Å². The Balaban J connectivity index is 2.65. The molecule has 0 aliphatic heterocycles. The van der Waals surface area contributed by atoms with Crippen LogP contribution in [0.3, 0.4) is 0 Å². The molecule has 12 heavy (non-hydrogen) atoms. The van der Waals surface area contributed by atoms with E-state index in [-0.39, 0.29) is 0 Å². The Morgan fingerprint density at radius 2 is 2.17 bits per heavy atom. The Hall–Kier alpha value is -0.720. The first kappa shape index (κ1) is 9.37. The molecule has 0 fully saturated rings. The molecule has 0 saturated carbocycles. The summed E-state index contributed by atoms with van der Waals surface area (Å²) in [6.07, 6.45) is 6.93. The maximum Gasteiger partial charge on any atom is 0.0141 e. The molecule has 0 amide bonds. The minimum absolute atomic E-state index is 0.731. The van der Waals surface area contributed by atoms with E-state index < -0.39 is 0 Å². The first-order valence-electron chi connectivity index (χ1n) is 4.89. The highest BCUT2D eigenvalue weighted by molar-refractivity contribution is 5.24. The van der Waals surface area contributed by atoms with E-state index in [4.69, 9.17) is 0 Å². The van der Waals surface area contributed by atoms with Crippen LogP contribution in [0.25, 0.3) is 0 Å². The van der Waals surface area contributed by atoms with Crippen molar-refractivity contribution in [3.63, 3.8) is 0 Å². The van der Waals surface area contributed by atoms with Crippen LogP contribution >= 0.6 is 0 Å². The van der Waals surface area contributed by atoms with E-state index >= 15 is 0 Å². The zero-order valence-corrected chi connectivity index (χ0v) is 8.35. The molecule has 68 valence electrons. The maximum absolute atomic E-state index is 3.42.